The summed E-state index contributed by atoms with van der Waals surface area (Å²) in [5, 5.41) is 16.6. The minimum atomic E-state index is -0.981. The number of anilines is 2. The third-order valence-corrected chi connectivity index (χ3v) is 7.04. The van der Waals surface area contributed by atoms with Crippen LogP contribution in [0.1, 0.15) is 52.0 Å². The van der Waals surface area contributed by atoms with Gasteiger partial charge < -0.3 is 25.2 Å². The van der Waals surface area contributed by atoms with Crippen LogP contribution in [0, 0.1) is 13.8 Å². The summed E-state index contributed by atoms with van der Waals surface area (Å²) < 4.78 is 1.98. The average molecular weight is 526 g/mol. The van der Waals surface area contributed by atoms with Crippen molar-refractivity contribution in [1.82, 2.24) is 14.9 Å². The van der Waals surface area contributed by atoms with Crippen molar-refractivity contribution in [2.75, 3.05) is 10.2 Å². The van der Waals surface area contributed by atoms with E-state index in [4.69, 9.17) is 12.2 Å². The normalized spacial score (nSPS) is 16.8. The summed E-state index contributed by atoms with van der Waals surface area (Å²) in [6.45, 7) is 5.44. The van der Waals surface area contributed by atoms with E-state index in [1.54, 1.807) is 18.3 Å². The van der Waals surface area contributed by atoms with Gasteiger partial charge in [0.25, 0.3) is 0 Å². The molecular weight excluding hydrogens is 498 g/mol. The molecule has 2 unspecified atom stereocenters. The Morgan fingerprint density at radius 1 is 1.03 bits per heavy atom. The first-order chi connectivity index (χ1) is 18.3. The van der Waals surface area contributed by atoms with E-state index in [1.165, 1.54) is 6.92 Å². The third-order valence-electron chi connectivity index (χ3n) is 6.73. The van der Waals surface area contributed by atoms with Gasteiger partial charge in [-0.25, -0.2) is 4.79 Å². The van der Waals surface area contributed by atoms with Gasteiger partial charge in [0.15, 0.2) is 5.11 Å². The molecule has 3 heterocycles. The topological polar surface area (TPSA) is 99.5 Å². The number of carbonyl (C=O) groups excluding carboxylic acids is 1. The molecule has 1 fully saturated rings. The predicted octanol–water partition coefficient (Wildman–Crippen LogP) is 5.32. The highest BCUT2D eigenvalue weighted by Crippen LogP contribution is 2.44. The number of pyridine rings is 1. The second kappa shape index (κ2) is 10.1. The van der Waals surface area contributed by atoms with Crippen molar-refractivity contribution >= 4 is 40.6 Å². The number of carboxylic acid groups (broad SMARTS) is 1. The Hall–Kier alpha value is -4.50. The number of aromatic nitrogens is 2. The van der Waals surface area contributed by atoms with Gasteiger partial charge in [-0.1, -0.05) is 18.2 Å². The van der Waals surface area contributed by atoms with E-state index in [9.17, 15) is 14.7 Å². The number of carbonyl (C=O) groups is 2. The van der Waals surface area contributed by atoms with Crippen LogP contribution in [0.3, 0.4) is 0 Å². The first kappa shape index (κ1) is 25.2. The molecule has 0 saturated carbocycles. The molecule has 1 aliphatic rings. The first-order valence-corrected chi connectivity index (χ1v) is 12.6. The number of amides is 1. The molecule has 192 valence electrons. The Balaban J connectivity index is 1.66. The summed E-state index contributed by atoms with van der Waals surface area (Å²) >= 11 is 5.84. The van der Waals surface area contributed by atoms with Crippen molar-refractivity contribution in [2.24, 2.45) is 0 Å². The van der Waals surface area contributed by atoms with Gasteiger partial charge in [0.05, 0.1) is 29.0 Å². The van der Waals surface area contributed by atoms with E-state index in [0.717, 1.165) is 28.3 Å². The van der Waals surface area contributed by atoms with Crippen LogP contribution in [0.15, 0.2) is 79.0 Å². The Kier molecular flexibility index (Phi) is 6.69. The highest BCUT2D eigenvalue weighted by molar-refractivity contribution is 7.80. The number of para-hydroxylation sites is 1. The molecule has 2 atom stereocenters. The van der Waals surface area contributed by atoms with Crippen LogP contribution in [-0.4, -0.2) is 31.6 Å². The van der Waals surface area contributed by atoms with Crippen molar-refractivity contribution in [3.8, 4) is 5.69 Å². The Labute approximate surface area is 225 Å². The fourth-order valence-electron chi connectivity index (χ4n) is 5.16. The summed E-state index contributed by atoms with van der Waals surface area (Å²) in [6.07, 6.45) is 1.76. The van der Waals surface area contributed by atoms with Gasteiger partial charge in [0.1, 0.15) is 0 Å². The smallest absolute Gasteiger partial charge is 0.337 e. The van der Waals surface area contributed by atoms with E-state index in [-0.39, 0.29) is 23.6 Å². The molecule has 0 bridgehead atoms. The lowest BCUT2D eigenvalue weighted by atomic mass is 9.96. The van der Waals surface area contributed by atoms with Gasteiger partial charge in [-0.05, 0) is 86.2 Å². The lowest BCUT2D eigenvalue weighted by molar-refractivity contribution is -0.114. The van der Waals surface area contributed by atoms with Crippen LogP contribution in [0.5, 0.6) is 0 Å². The maximum absolute atomic E-state index is 12.0. The summed E-state index contributed by atoms with van der Waals surface area (Å²) in [4.78, 5) is 30.2. The standard InChI is InChI=1S/C29H27N5O3S/c1-17-16-23(18(2)33(17)25-10-5-4-8-22(25)28(36)37)27-26(24-9-6-7-15-30-24)32-29(38)34(27)21-13-11-20(12-14-21)31-19(3)35/h4-16,26-27H,1-3H3,(H,31,35)(H,32,38)(H,36,37). The zero-order valence-electron chi connectivity index (χ0n) is 21.2. The molecule has 0 aliphatic carbocycles. The van der Waals surface area contributed by atoms with Gasteiger partial charge >= 0.3 is 5.97 Å². The van der Waals surface area contributed by atoms with Gasteiger partial charge in [-0.2, -0.15) is 0 Å². The lowest BCUT2D eigenvalue weighted by Gasteiger charge is -2.28. The number of aryl methyl sites for hydroxylation is 1. The molecule has 9 heteroatoms. The van der Waals surface area contributed by atoms with E-state index < -0.39 is 5.97 Å². The van der Waals surface area contributed by atoms with Crippen LogP contribution in [-0.2, 0) is 4.79 Å². The van der Waals surface area contributed by atoms with Gasteiger partial charge in [0.2, 0.25) is 5.91 Å². The molecule has 0 radical (unpaired) electrons. The van der Waals surface area contributed by atoms with Gasteiger partial charge in [0, 0.05) is 35.9 Å². The molecule has 1 saturated heterocycles. The van der Waals surface area contributed by atoms with Crippen LogP contribution in [0.2, 0.25) is 0 Å². The minimum absolute atomic E-state index is 0.140. The molecular formula is C29H27N5O3S. The van der Waals surface area contributed by atoms with Crippen LogP contribution < -0.4 is 15.5 Å². The number of hydrogen-bond acceptors (Lipinski definition) is 4. The van der Waals surface area contributed by atoms with Crippen molar-refractivity contribution in [2.45, 2.75) is 32.9 Å². The number of hydrogen-bond donors (Lipinski definition) is 3. The number of aromatic carboxylic acids is 1. The molecule has 1 amide bonds. The zero-order valence-corrected chi connectivity index (χ0v) is 22.0. The Morgan fingerprint density at radius 2 is 1.74 bits per heavy atom. The number of nitrogens with zero attached hydrogens (tertiary/aromatic N) is 3. The molecule has 5 rings (SSSR count). The minimum Gasteiger partial charge on any atom is -0.478 e. The third kappa shape index (κ3) is 4.52. The molecule has 0 spiro atoms. The van der Waals surface area contributed by atoms with E-state index in [1.807, 2.05) is 73.0 Å². The van der Waals surface area contributed by atoms with E-state index in [0.29, 0.717) is 16.5 Å². The second-order valence-corrected chi connectivity index (χ2v) is 9.60. The lowest BCUT2D eigenvalue weighted by Crippen LogP contribution is -2.29. The molecule has 38 heavy (non-hydrogen) atoms. The van der Waals surface area contributed by atoms with Crippen molar-refractivity contribution in [3.05, 3.63) is 107 Å². The number of nitrogens with one attached hydrogen (secondary N) is 2. The number of carboxylic acids is 1. The van der Waals surface area contributed by atoms with Crippen molar-refractivity contribution in [3.63, 3.8) is 0 Å². The molecule has 3 N–H and O–H groups in total. The number of thiocarbonyl (C=S) groups is 1. The SMILES string of the molecule is CC(=O)Nc1ccc(N2C(=S)NC(c3ccccn3)C2c2cc(C)n(-c3ccccc3C(=O)O)c2C)cc1. The van der Waals surface area contributed by atoms with E-state index >= 15 is 0 Å². The Morgan fingerprint density at radius 3 is 2.39 bits per heavy atom. The highest BCUT2D eigenvalue weighted by atomic mass is 32.1. The number of benzene rings is 2. The first-order valence-electron chi connectivity index (χ1n) is 12.2. The number of rotatable bonds is 6. The molecule has 8 nitrogen and oxygen atoms in total. The molecule has 2 aromatic carbocycles. The Bertz CT molecular complexity index is 1530. The highest BCUT2D eigenvalue weighted by Gasteiger charge is 2.42. The molecule has 2 aromatic heterocycles. The quantitative estimate of drug-likeness (QED) is 0.293. The van der Waals surface area contributed by atoms with Crippen molar-refractivity contribution < 1.29 is 14.7 Å². The van der Waals surface area contributed by atoms with Gasteiger partial charge in [-0.15, -0.1) is 0 Å². The fourth-order valence-corrected chi connectivity index (χ4v) is 5.51. The summed E-state index contributed by atoms with van der Waals surface area (Å²) in [5.41, 5.74) is 6.04. The fraction of sp³-hybridized carbons (Fsp3) is 0.172. The maximum atomic E-state index is 12.0. The van der Waals surface area contributed by atoms with Crippen molar-refractivity contribution in [1.29, 1.82) is 0 Å². The van der Waals surface area contributed by atoms with Crippen LogP contribution >= 0.6 is 12.2 Å². The zero-order chi connectivity index (χ0) is 27.0. The average Bonchev–Trinajstić information content (AvgIpc) is 3.39. The second-order valence-electron chi connectivity index (χ2n) is 9.21. The summed E-state index contributed by atoms with van der Waals surface area (Å²) in [6, 6.07) is 21.9. The summed E-state index contributed by atoms with van der Waals surface area (Å²) in [5.74, 6) is -1.12. The largest absolute Gasteiger partial charge is 0.478 e. The van der Waals surface area contributed by atoms with Crippen LogP contribution in [0.25, 0.3) is 5.69 Å². The van der Waals surface area contributed by atoms with Crippen LogP contribution in [0.4, 0.5) is 11.4 Å². The monoisotopic (exact) mass is 525 g/mol. The van der Waals surface area contributed by atoms with Gasteiger partial charge in [-0.3, -0.25) is 9.78 Å². The summed E-state index contributed by atoms with van der Waals surface area (Å²) in [7, 11) is 0. The predicted molar refractivity (Wildman–Crippen MR) is 151 cm³/mol. The maximum Gasteiger partial charge on any atom is 0.337 e. The molecule has 4 aromatic rings. The van der Waals surface area contributed by atoms with E-state index in [2.05, 4.69) is 26.6 Å². The molecule has 1 aliphatic heterocycles.